The highest BCUT2D eigenvalue weighted by molar-refractivity contribution is 7.98. The Balaban J connectivity index is 2.54. The van der Waals surface area contributed by atoms with Crippen LogP contribution in [0.2, 0.25) is 0 Å². The van der Waals surface area contributed by atoms with Gasteiger partial charge in [0, 0.05) is 12.2 Å². The molecule has 0 saturated carbocycles. The fourth-order valence-corrected chi connectivity index (χ4v) is 1.69. The van der Waals surface area contributed by atoms with E-state index in [9.17, 15) is 13.2 Å². The van der Waals surface area contributed by atoms with Gasteiger partial charge in [0.2, 0.25) is 0 Å². The molecule has 0 fully saturated rings. The van der Waals surface area contributed by atoms with Gasteiger partial charge in [-0.05, 0) is 36.6 Å². The van der Waals surface area contributed by atoms with Crippen molar-refractivity contribution in [2.45, 2.75) is 12.6 Å². The summed E-state index contributed by atoms with van der Waals surface area (Å²) in [6.07, 6.45) is -1.32. The van der Waals surface area contributed by atoms with Crippen molar-refractivity contribution in [3.63, 3.8) is 0 Å². The molecule has 1 aromatic carbocycles. The van der Waals surface area contributed by atoms with Crippen LogP contribution in [0.5, 0.6) is 0 Å². The van der Waals surface area contributed by atoms with Crippen LogP contribution in [0.15, 0.2) is 24.3 Å². The molecule has 0 bridgehead atoms. The van der Waals surface area contributed by atoms with Gasteiger partial charge in [-0.25, -0.2) is 0 Å². The van der Waals surface area contributed by atoms with E-state index in [2.05, 4.69) is 5.32 Å². The molecule has 1 N–H and O–H groups in total. The first kappa shape index (κ1) is 13.2. The van der Waals surface area contributed by atoms with E-state index in [4.69, 9.17) is 0 Å². The van der Waals surface area contributed by atoms with Gasteiger partial charge in [-0.2, -0.15) is 24.9 Å². The Kier molecular flexibility index (Phi) is 4.99. The number of alkyl halides is 3. The molecule has 0 aromatic heterocycles. The van der Waals surface area contributed by atoms with E-state index in [1.807, 2.05) is 6.26 Å². The SMILES string of the molecule is CSCCCNc1cccc(C(F)(F)F)c1. The Morgan fingerprint density at radius 1 is 1.31 bits per heavy atom. The molecule has 16 heavy (non-hydrogen) atoms. The minimum absolute atomic E-state index is 0.524. The minimum atomic E-state index is -4.27. The summed E-state index contributed by atoms with van der Waals surface area (Å²) >= 11 is 1.72. The zero-order valence-corrected chi connectivity index (χ0v) is 9.79. The summed E-state index contributed by atoms with van der Waals surface area (Å²) in [6.45, 7) is 0.697. The highest BCUT2D eigenvalue weighted by Crippen LogP contribution is 2.30. The maximum absolute atomic E-state index is 12.4. The average molecular weight is 249 g/mol. The smallest absolute Gasteiger partial charge is 0.385 e. The Hall–Kier alpha value is -0.840. The maximum atomic E-state index is 12.4. The molecule has 0 aliphatic carbocycles. The van der Waals surface area contributed by atoms with E-state index in [-0.39, 0.29) is 0 Å². The van der Waals surface area contributed by atoms with Crippen LogP contribution in [0.1, 0.15) is 12.0 Å². The lowest BCUT2D eigenvalue weighted by atomic mass is 10.2. The van der Waals surface area contributed by atoms with E-state index in [1.54, 1.807) is 17.8 Å². The molecule has 5 heteroatoms. The second-order valence-corrected chi connectivity index (χ2v) is 4.34. The topological polar surface area (TPSA) is 12.0 Å². The molecule has 0 aliphatic rings. The van der Waals surface area contributed by atoms with E-state index in [0.29, 0.717) is 12.2 Å². The zero-order valence-electron chi connectivity index (χ0n) is 8.97. The van der Waals surface area contributed by atoms with Gasteiger partial charge in [0.25, 0.3) is 0 Å². The summed E-state index contributed by atoms with van der Waals surface area (Å²) in [4.78, 5) is 0. The zero-order chi connectivity index (χ0) is 12.0. The summed E-state index contributed by atoms with van der Waals surface area (Å²) in [5, 5.41) is 2.98. The summed E-state index contributed by atoms with van der Waals surface area (Å²) in [5.41, 5.74) is -0.0849. The fraction of sp³-hybridized carbons (Fsp3) is 0.455. The number of benzene rings is 1. The van der Waals surface area contributed by atoms with E-state index in [0.717, 1.165) is 24.3 Å². The van der Waals surface area contributed by atoms with Gasteiger partial charge in [-0.1, -0.05) is 6.07 Å². The van der Waals surface area contributed by atoms with E-state index in [1.165, 1.54) is 6.07 Å². The Bertz CT molecular complexity index is 325. The number of nitrogens with one attached hydrogen (secondary N) is 1. The predicted molar refractivity (Wildman–Crippen MR) is 62.9 cm³/mol. The predicted octanol–water partition coefficient (Wildman–Crippen LogP) is 3.87. The number of hydrogen-bond acceptors (Lipinski definition) is 2. The van der Waals surface area contributed by atoms with Crippen LogP contribution in [0.4, 0.5) is 18.9 Å². The molecule has 1 rings (SSSR count). The van der Waals surface area contributed by atoms with Crippen LogP contribution in [0, 0.1) is 0 Å². The van der Waals surface area contributed by atoms with E-state index >= 15 is 0 Å². The molecule has 1 aromatic rings. The molecular weight excluding hydrogens is 235 g/mol. The lowest BCUT2D eigenvalue weighted by Crippen LogP contribution is -2.07. The molecule has 0 aliphatic heterocycles. The van der Waals surface area contributed by atoms with Crippen molar-refractivity contribution in [1.29, 1.82) is 0 Å². The third-order valence-electron chi connectivity index (χ3n) is 2.04. The number of hydrogen-bond donors (Lipinski definition) is 1. The first-order valence-electron chi connectivity index (χ1n) is 4.94. The summed E-state index contributed by atoms with van der Waals surface area (Å²) in [5.74, 6) is 1.01. The summed E-state index contributed by atoms with van der Waals surface area (Å²) < 4.78 is 37.1. The van der Waals surface area contributed by atoms with Crippen LogP contribution in [0.25, 0.3) is 0 Å². The molecule has 0 saturated heterocycles. The summed E-state index contributed by atoms with van der Waals surface area (Å²) in [7, 11) is 0. The van der Waals surface area contributed by atoms with Crippen molar-refractivity contribution in [2.24, 2.45) is 0 Å². The van der Waals surface area contributed by atoms with Crippen molar-refractivity contribution in [3.05, 3.63) is 29.8 Å². The van der Waals surface area contributed by atoms with Crippen molar-refractivity contribution in [2.75, 3.05) is 23.9 Å². The highest BCUT2D eigenvalue weighted by atomic mass is 32.2. The lowest BCUT2D eigenvalue weighted by Gasteiger charge is -2.10. The second kappa shape index (κ2) is 6.03. The molecule has 90 valence electrons. The molecular formula is C11H14F3NS. The van der Waals surface area contributed by atoms with E-state index < -0.39 is 11.7 Å². The third-order valence-corrected chi connectivity index (χ3v) is 2.74. The van der Waals surface area contributed by atoms with Gasteiger partial charge in [0.1, 0.15) is 0 Å². The van der Waals surface area contributed by atoms with Crippen molar-refractivity contribution in [1.82, 2.24) is 0 Å². The Labute approximate surface area is 97.4 Å². The van der Waals surface area contributed by atoms with Crippen molar-refractivity contribution >= 4 is 17.4 Å². The van der Waals surface area contributed by atoms with Crippen LogP contribution < -0.4 is 5.32 Å². The van der Waals surface area contributed by atoms with Crippen molar-refractivity contribution < 1.29 is 13.2 Å². The highest BCUT2D eigenvalue weighted by Gasteiger charge is 2.30. The van der Waals surface area contributed by atoms with Gasteiger partial charge >= 0.3 is 6.18 Å². The first-order chi connectivity index (χ1) is 7.54. The van der Waals surface area contributed by atoms with Crippen LogP contribution >= 0.6 is 11.8 Å². The number of thioether (sulfide) groups is 1. The second-order valence-electron chi connectivity index (χ2n) is 3.35. The molecule has 0 unspecified atom stereocenters. The van der Waals surface area contributed by atoms with Crippen LogP contribution in [0.3, 0.4) is 0 Å². The Morgan fingerprint density at radius 3 is 2.69 bits per heavy atom. The monoisotopic (exact) mass is 249 g/mol. The first-order valence-corrected chi connectivity index (χ1v) is 6.33. The fourth-order valence-electron chi connectivity index (χ4n) is 1.25. The number of anilines is 1. The molecule has 0 spiro atoms. The Morgan fingerprint density at radius 2 is 2.06 bits per heavy atom. The molecule has 0 amide bonds. The molecule has 0 heterocycles. The molecule has 0 radical (unpaired) electrons. The van der Waals surface area contributed by atoms with Gasteiger partial charge < -0.3 is 5.32 Å². The summed E-state index contributed by atoms with van der Waals surface area (Å²) in [6, 6.07) is 5.28. The van der Waals surface area contributed by atoms with Crippen molar-refractivity contribution in [3.8, 4) is 0 Å². The largest absolute Gasteiger partial charge is 0.416 e. The average Bonchev–Trinajstić information content (AvgIpc) is 2.24. The lowest BCUT2D eigenvalue weighted by molar-refractivity contribution is -0.137. The van der Waals surface area contributed by atoms with Crippen LogP contribution in [-0.4, -0.2) is 18.6 Å². The number of halogens is 3. The maximum Gasteiger partial charge on any atom is 0.416 e. The van der Waals surface area contributed by atoms with Gasteiger partial charge in [-0.3, -0.25) is 0 Å². The van der Waals surface area contributed by atoms with Gasteiger partial charge in [0.15, 0.2) is 0 Å². The standard InChI is InChI=1S/C11H14F3NS/c1-16-7-3-6-15-10-5-2-4-9(8-10)11(12,13)14/h2,4-5,8,15H,3,6-7H2,1H3. The normalized spacial score (nSPS) is 11.5. The third kappa shape index (κ3) is 4.35. The number of rotatable bonds is 5. The molecule has 1 nitrogen and oxygen atoms in total. The van der Waals surface area contributed by atoms with Gasteiger partial charge in [-0.15, -0.1) is 0 Å². The quantitative estimate of drug-likeness (QED) is 0.795. The van der Waals surface area contributed by atoms with Crippen LogP contribution in [-0.2, 0) is 6.18 Å². The molecule has 0 atom stereocenters. The van der Waals surface area contributed by atoms with Gasteiger partial charge in [0.05, 0.1) is 5.56 Å². The minimum Gasteiger partial charge on any atom is -0.385 e.